The number of nitrogens with one attached hydrogen (secondary N) is 1. The maximum Gasteiger partial charge on any atom is 0.259 e. The highest BCUT2D eigenvalue weighted by molar-refractivity contribution is 6.12. The Bertz CT molecular complexity index is 1390. The first-order chi connectivity index (χ1) is 15.1. The number of carbonyl (C=O) groups is 1. The minimum atomic E-state index is -0.341. The van der Waals surface area contributed by atoms with Crippen LogP contribution in [0.1, 0.15) is 21.6 Å². The van der Waals surface area contributed by atoms with E-state index in [1.165, 1.54) is 11.0 Å². The molecule has 0 aliphatic carbocycles. The van der Waals surface area contributed by atoms with Crippen molar-refractivity contribution in [3.63, 3.8) is 0 Å². The third-order valence-corrected chi connectivity index (χ3v) is 4.93. The Kier molecular flexibility index (Phi) is 4.51. The highest BCUT2D eigenvalue weighted by atomic mass is 16.5. The van der Waals surface area contributed by atoms with Crippen LogP contribution < -0.4 is 5.32 Å². The van der Waals surface area contributed by atoms with Crippen LogP contribution in [0.2, 0.25) is 0 Å². The van der Waals surface area contributed by atoms with Crippen LogP contribution in [-0.2, 0) is 0 Å². The second kappa shape index (κ2) is 7.49. The molecule has 0 aliphatic heterocycles. The number of nitrogens with zero attached hydrogens (tertiary/aromatic N) is 5. The van der Waals surface area contributed by atoms with Crippen LogP contribution in [0.15, 0.2) is 71.4 Å². The number of rotatable bonds is 4. The topological polar surface area (TPSA) is 98.7 Å². The van der Waals surface area contributed by atoms with Crippen LogP contribution in [0.4, 0.5) is 5.82 Å². The molecule has 0 radical (unpaired) electrons. The zero-order valence-corrected chi connectivity index (χ0v) is 16.9. The summed E-state index contributed by atoms with van der Waals surface area (Å²) in [6.07, 6.45) is 1.50. The fourth-order valence-electron chi connectivity index (χ4n) is 3.34. The number of hydrogen-bond acceptors (Lipinski definition) is 6. The van der Waals surface area contributed by atoms with Crippen LogP contribution in [0, 0.1) is 13.8 Å². The van der Waals surface area contributed by atoms with Crippen molar-refractivity contribution in [3.05, 3.63) is 83.7 Å². The maximum absolute atomic E-state index is 13.2. The van der Waals surface area contributed by atoms with E-state index >= 15 is 0 Å². The second-order valence-electron chi connectivity index (χ2n) is 7.18. The van der Waals surface area contributed by atoms with Gasteiger partial charge in [-0.25, -0.2) is 4.98 Å². The van der Waals surface area contributed by atoms with Crippen LogP contribution in [0.3, 0.4) is 0 Å². The summed E-state index contributed by atoms with van der Waals surface area (Å²) in [7, 11) is 0. The molecule has 0 spiro atoms. The van der Waals surface area contributed by atoms with Crippen molar-refractivity contribution in [1.82, 2.24) is 25.1 Å². The number of benzene rings is 2. The van der Waals surface area contributed by atoms with Gasteiger partial charge in [-0.2, -0.15) is 5.10 Å². The second-order valence-corrected chi connectivity index (χ2v) is 7.18. The third-order valence-electron chi connectivity index (χ3n) is 4.93. The highest BCUT2D eigenvalue weighted by Gasteiger charge is 2.20. The molecule has 0 aliphatic rings. The fraction of sp³-hybridized carbons (Fsp3) is 0.0870. The lowest BCUT2D eigenvalue weighted by atomic mass is 10.0. The number of aryl methyl sites for hydroxylation is 2. The molecule has 0 bridgehead atoms. The first-order valence-corrected chi connectivity index (χ1v) is 9.72. The molecule has 0 unspecified atom stereocenters. The number of anilines is 1. The largest absolute Gasteiger partial charge is 0.335 e. The third kappa shape index (κ3) is 3.55. The number of aromatic nitrogens is 5. The minimum Gasteiger partial charge on any atom is -0.335 e. The van der Waals surface area contributed by atoms with E-state index in [9.17, 15) is 4.79 Å². The molecule has 3 heterocycles. The first kappa shape index (κ1) is 18.7. The Hall–Kier alpha value is -4.33. The van der Waals surface area contributed by atoms with E-state index in [2.05, 4.69) is 25.7 Å². The Balaban J connectivity index is 1.51. The van der Waals surface area contributed by atoms with Crippen molar-refractivity contribution in [1.29, 1.82) is 0 Å². The molecule has 1 N–H and O–H groups in total. The van der Waals surface area contributed by atoms with E-state index in [4.69, 9.17) is 4.52 Å². The van der Waals surface area contributed by atoms with E-state index in [-0.39, 0.29) is 5.91 Å². The van der Waals surface area contributed by atoms with Gasteiger partial charge in [-0.3, -0.25) is 4.79 Å². The van der Waals surface area contributed by atoms with Crippen molar-refractivity contribution >= 4 is 22.8 Å². The normalized spacial score (nSPS) is 11.0. The van der Waals surface area contributed by atoms with E-state index in [1.54, 1.807) is 13.0 Å². The maximum atomic E-state index is 13.2. The first-order valence-electron chi connectivity index (χ1n) is 9.72. The summed E-state index contributed by atoms with van der Waals surface area (Å²) >= 11 is 0. The SMILES string of the molecule is Cc1ccc(-c2cc(C(=O)Nc3cnn(-c4ccccc4)n3)c3c(C)noc3n2)cc1. The number of para-hydroxylation sites is 1. The van der Waals surface area contributed by atoms with E-state index in [0.29, 0.717) is 33.9 Å². The molecular weight excluding hydrogens is 392 g/mol. The summed E-state index contributed by atoms with van der Waals surface area (Å²) in [4.78, 5) is 19.2. The molecule has 2 aromatic carbocycles. The predicted molar refractivity (Wildman–Crippen MR) is 116 cm³/mol. The number of carbonyl (C=O) groups excluding carboxylic acids is 1. The van der Waals surface area contributed by atoms with Gasteiger partial charge in [0.05, 0.1) is 34.2 Å². The molecule has 152 valence electrons. The van der Waals surface area contributed by atoms with E-state index in [0.717, 1.165) is 16.8 Å². The minimum absolute atomic E-state index is 0.314. The molecule has 5 rings (SSSR count). The summed E-state index contributed by atoms with van der Waals surface area (Å²) in [5.41, 5.74) is 4.76. The van der Waals surface area contributed by atoms with E-state index in [1.807, 2.05) is 61.5 Å². The molecule has 5 aromatic rings. The molecule has 0 saturated carbocycles. The number of hydrogen-bond donors (Lipinski definition) is 1. The summed E-state index contributed by atoms with van der Waals surface area (Å²) < 4.78 is 5.36. The lowest BCUT2D eigenvalue weighted by molar-refractivity contribution is 0.102. The molecule has 1 amide bonds. The van der Waals surface area contributed by atoms with Gasteiger partial charge in [0.1, 0.15) is 0 Å². The van der Waals surface area contributed by atoms with Gasteiger partial charge < -0.3 is 9.84 Å². The van der Waals surface area contributed by atoms with Crippen LogP contribution >= 0.6 is 0 Å². The summed E-state index contributed by atoms with van der Waals surface area (Å²) in [5, 5.41) is 15.9. The van der Waals surface area contributed by atoms with Crippen molar-refractivity contribution in [2.75, 3.05) is 5.32 Å². The monoisotopic (exact) mass is 410 g/mol. The fourth-order valence-corrected chi connectivity index (χ4v) is 3.34. The Labute approximate surface area is 177 Å². The molecule has 8 nitrogen and oxygen atoms in total. The number of pyridine rings is 1. The standard InChI is InChI=1S/C23H18N6O2/c1-14-8-10-16(11-9-14)19-12-18(21-15(2)28-31-23(21)25-19)22(30)26-20-13-24-29(27-20)17-6-4-3-5-7-17/h3-13H,1-2H3,(H,26,27,30). The molecule has 0 saturated heterocycles. The predicted octanol–water partition coefficient (Wildman–Crippen LogP) is 4.34. The van der Waals surface area contributed by atoms with Crippen molar-refractivity contribution in [3.8, 4) is 16.9 Å². The number of fused-ring (bicyclic) bond motifs is 1. The zero-order chi connectivity index (χ0) is 21.4. The summed E-state index contributed by atoms with van der Waals surface area (Å²) in [6, 6.07) is 19.1. The molecular formula is C23H18N6O2. The lowest BCUT2D eigenvalue weighted by Crippen LogP contribution is -2.14. The molecule has 8 heteroatoms. The average molecular weight is 410 g/mol. The van der Waals surface area contributed by atoms with Gasteiger partial charge in [-0.05, 0) is 32.0 Å². The molecule has 3 aromatic heterocycles. The van der Waals surface area contributed by atoms with Crippen LogP contribution in [0.5, 0.6) is 0 Å². The number of amides is 1. The van der Waals surface area contributed by atoms with Gasteiger partial charge >= 0.3 is 0 Å². The smallest absolute Gasteiger partial charge is 0.259 e. The van der Waals surface area contributed by atoms with Crippen LogP contribution in [0.25, 0.3) is 28.0 Å². The van der Waals surface area contributed by atoms with Gasteiger partial charge in [-0.15, -0.1) is 9.90 Å². The van der Waals surface area contributed by atoms with Crippen molar-refractivity contribution < 1.29 is 9.32 Å². The average Bonchev–Trinajstić information content (AvgIpc) is 3.41. The van der Waals surface area contributed by atoms with E-state index < -0.39 is 0 Å². The Morgan fingerprint density at radius 1 is 1.03 bits per heavy atom. The molecule has 31 heavy (non-hydrogen) atoms. The van der Waals surface area contributed by atoms with Gasteiger partial charge in [-0.1, -0.05) is 53.2 Å². The van der Waals surface area contributed by atoms with Gasteiger partial charge in [0.2, 0.25) is 0 Å². The molecule has 0 fully saturated rings. The Morgan fingerprint density at radius 2 is 1.81 bits per heavy atom. The molecule has 0 atom stereocenters. The van der Waals surface area contributed by atoms with Gasteiger partial charge in [0.25, 0.3) is 11.6 Å². The summed E-state index contributed by atoms with van der Waals surface area (Å²) in [6.45, 7) is 3.79. The van der Waals surface area contributed by atoms with Crippen LogP contribution in [-0.4, -0.2) is 31.0 Å². The zero-order valence-electron chi connectivity index (χ0n) is 16.9. The van der Waals surface area contributed by atoms with Crippen molar-refractivity contribution in [2.24, 2.45) is 0 Å². The summed E-state index contributed by atoms with van der Waals surface area (Å²) in [5.74, 6) is -0.00279. The van der Waals surface area contributed by atoms with Crippen molar-refractivity contribution in [2.45, 2.75) is 13.8 Å². The highest BCUT2D eigenvalue weighted by Crippen LogP contribution is 2.27. The van der Waals surface area contributed by atoms with Gasteiger partial charge in [0.15, 0.2) is 5.82 Å². The lowest BCUT2D eigenvalue weighted by Gasteiger charge is -2.07. The Morgan fingerprint density at radius 3 is 2.58 bits per heavy atom. The van der Waals surface area contributed by atoms with Gasteiger partial charge in [0, 0.05) is 5.56 Å². The quantitative estimate of drug-likeness (QED) is 0.473.